The standard InChI is InChI=1S/C14H16N2O2/c15-14-6-7-16-9-11(14)8-12(17)10-18-13-4-2-1-3-5-13/h1-7,9,12,17H,8,10H2,(H2,15,16). The summed E-state index contributed by atoms with van der Waals surface area (Å²) in [6.45, 7) is 0.234. The van der Waals surface area contributed by atoms with E-state index in [2.05, 4.69) is 4.98 Å². The van der Waals surface area contributed by atoms with E-state index < -0.39 is 6.10 Å². The van der Waals surface area contributed by atoms with Gasteiger partial charge in [0.05, 0.1) is 6.10 Å². The number of aliphatic hydroxyl groups is 1. The fourth-order valence-corrected chi connectivity index (χ4v) is 1.63. The quantitative estimate of drug-likeness (QED) is 0.839. The van der Waals surface area contributed by atoms with E-state index in [4.69, 9.17) is 10.5 Å². The molecule has 0 bridgehead atoms. The molecule has 1 unspecified atom stereocenters. The molecular formula is C14H16N2O2. The number of nitrogens with zero attached hydrogens (tertiary/aromatic N) is 1. The highest BCUT2D eigenvalue weighted by Gasteiger charge is 2.09. The van der Waals surface area contributed by atoms with Gasteiger partial charge in [0.1, 0.15) is 12.4 Å². The molecule has 3 N–H and O–H groups in total. The molecule has 0 fully saturated rings. The minimum atomic E-state index is -0.600. The van der Waals surface area contributed by atoms with Crippen molar-refractivity contribution in [3.8, 4) is 5.75 Å². The maximum atomic E-state index is 9.88. The Bertz CT molecular complexity index is 488. The number of nitrogen functional groups attached to an aromatic ring is 1. The Labute approximate surface area is 106 Å². The van der Waals surface area contributed by atoms with E-state index in [0.717, 1.165) is 11.3 Å². The van der Waals surface area contributed by atoms with Crippen molar-refractivity contribution < 1.29 is 9.84 Å². The molecule has 4 heteroatoms. The molecule has 0 amide bonds. The van der Waals surface area contributed by atoms with Crippen LogP contribution in [0.15, 0.2) is 48.8 Å². The van der Waals surface area contributed by atoms with Crippen LogP contribution in [0.25, 0.3) is 0 Å². The molecule has 1 aromatic carbocycles. The highest BCUT2D eigenvalue weighted by atomic mass is 16.5. The van der Waals surface area contributed by atoms with E-state index in [1.807, 2.05) is 30.3 Å². The van der Waals surface area contributed by atoms with Crippen LogP contribution in [-0.2, 0) is 6.42 Å². The maximum absolute atomic E-state index is 9.88. The summed E-state index contributed by atoms with van der Waals surface area (Å²) in [6.07, 6.45) is 3.14. The second kappa shape index (κ2) is 6.02. The Morgan fingerprint density at radius 2 is 2.00 bits per heavy atom. The Hall–Kier alpha value is -2.07. The lowest BCUT2D eigenvalue weighted by Crippen LogP contribution is -2.20. The van der Waals surface area contributed by atoms with Crippen LogP contribution in [-0.4, -0.2) is 22.8 Å². The molecule has 0 aliphatic heterocycles. The van der Waals surface area contributed by atoms with Crippen molar-refractivity contribution >= 4 is 5.69 Å². The summed E-state index contributed by atoms with van der Waals surface area (Å²) in [5.41, 5.74) is 7.26. The lowest BCUT2D eigenvalue weighted by atomic mass is 10.1. The van der Waals surface area contributed by atoms with Gasteiger partial charge in [0.2, 0.25) is 0 Å². The zero-order valence-corrected chi connectivity index (χ0v) is 9.99. The molecule has 1 heterocycles. The zero-order chi connectivity index (χ0) is 12.8. The lowest BCUT2D eigenvalue weighted by Gasteiger charge is -2.13. The predicted molar refractivity (Wildman–Crippen MR) is 70.3 cm³/mol. The van der Waals surface area contributed by atoms with Crippen LogP contribution in [0.2, 0.25) is 0 Å². The lowest BCUT2D eigenvalue weighted by molar-refractivity contribution is 0.108. The summed E-state index contributed by atoms with van der Waals surface area (Å²) < 4.78 is 5.47. The van der Waals surface area contributed by atoms with Crippen molar-refractivity contribution in [2.45, 2.75) is 12.5 Å². The molecule has 0 spiro atoms. The molecule has 94 valence electrons. The highest BCUT2D eigenvalue weighted by Crippen LogP contribution is 2.13. The predicted octanol–water partition coefficient (Wildman–Crippen LogP) is 1.65. The number of nitrogens with two attached hydrogens (primary N) is 1. The van der Waals surface area contributed by atoms with Gasteiger partial charge in [0.15, 0.2) is 0 Å². The molecule has 0 saturated carbocycles. The normalized spacial score (nSPS) is 12.1. The summed E-state index contributed by atoms with van der Waals surface area (Å²) in [5, 5.41) is 9.88. The van der Waals surface area contributed by atoms with Gasteiger partial charge < -0.3 is 15.6 Å². The van der Waals surface area contributed by atoms with Gasteiger partial charge in [-0.1, -0.05) is 18.2 Å². The molecule has 1 atom stereocenters. The largest absolute Gasteiger partial charge is 0.491 e. The number of hydrogen-bond acceptors (Lipinski definition) is 4. The molecule has 4 nitrogen and oxygen atoms in total. The Kier molecular flexibility index (Phi) is 4.15. The minimum absolute atomic E-state index is 0.234. The van der Waals surface area contributed by atoms with Crippen molar-refractivity contribution in [1.29, 1.82) is 0 Å². The Balaban J connectivity index is 1.86. The highest BCUT2D eigenvalue weighted by molar-refractivity contribution is 5.44. The van der Waals surface area contributed by atoms with Crippen LogP contribution in [0.3, 0.4) is 0 Å². The molecular weight excluding hydrogens is 228 g/mol. The number of benzene rings is 1. The third kappa shape index (κ3) is 3.46. The van der Waals surface area contributed by atoms with Crippen LogP contribution in [0, 0.1) is 0 Å². The van der Waals surface area contributed by atoms with Crippen molar-refractivity contribution in [2.75, 3.05) is 12.3 Å². The second-order valence-corrected chi connectivity index (χ2v) is 4.06. The maximum Gasteiger partial charge on any atom is 0.119 e. The summed E-state index contributed by atoms with van der Waals surface area (Å²) >= 11 is 0. The number of pyridine rings is 1. The number of anilines is 1. The molecule has 2 aromatic rings. The molecule has 18 heavy (non-hydrogen) atoms. The van der Waals surface area contributed by atoms with Crippen molar-refractivity contribution in [3.05, 3.63) is 54.4 Å². The van der Waals surface area contributed by atoms with Gasteiger partial charge in [-0.05, 0) is 23.8 Å². The first-order valence-electron chi connectivity index (χ1n) is 5.80. The van der Waals surface area contributed by atoms with Crippen molar-refractivity contribution in [3.63, 3.8) is 0 Å². The van der Waals surface area contributed by atoms with E-state index in [-0.39, 0.29) is 6.61 Å². The SMILES string of the molecule is Nc1ccncc1CC(O)COc1ccccc1. The summed E-state index contributed by atoms with van der Waals surface area (Å²) in [4.78, 5) is 3.98. The van der Waals surface area contributed by atoms with E-state index in [9.17, 15) is 5.11 Å². The van der Waals surface area contributed by atoms with Crippen LogP contribution in [0.4, 0.5) is 5.69 Å². The first kappa shape index (κ1) is 12.4. The van der Waals surface area contributed by atoms with Gasteiger partial charge in [-0.15, -0.1) is 0 Å². The number of hydrogen-bond donors (Lipinski definition) is 2. The fraction of sp³-hybridized carbons (Fsp3) is 0.214. The molecule has 0 aliphatic carbocycles. The number of aromatic nitrogens is 1. The van der Waals surface area contributed by atoms with E-state index in [1.165, 1.54) is 0 Å². The van der Waals surface area contributed by atoms with Crippen LogP contribution in [0.1, 0.15) is 5.56 Å². The molecule has 1 aromatic heterocycles. The fourth-order valence-electron chi connectivity index (χ4n) is 1.63. The number of aliphatic hydroxyl groups excluding tert-OH is 1. The third-order valence-corrected chi connectivity index (χ3v) is 2.58. The van der Waals surface area contributed by atoms with E-state index >= 15 is 0 Å². The summed E-state index contributed by atoms with van der Waals surface area (Å²) in [6, 6.07) is 11.1. The number of ether oxygens (including phenoxy) is 1. The Morgan fingerprint density at radius 1 is 1.22 bits per heavy atom. The summed E-state index contributed by atoms with van der Waals surface area (Å²) in [7, 11) is 0. The summed E-state index contributed by atoms with van der Waals surface area (Å²) in [5.74, 6) is 0.746. The van der Waals surface area contributed by atoms with Crippen molar-refractivity contribution in [1.82, 2.24) is 4.98 Å². The molecule has 0 saturated heterocycles. The monoisotopic (exact) mass is 244 g/mol. The minimum Gasteiger partial charge on any atom is -0.491 e. The van der Waals surface area contributed by atoms with Crippen LogP contribution < -0.4 is 10.5 Å². The van der Waals surface area contributed by atoms with E-state index in [1.54, 1.807) is 18.5 Å². The average Bonchev–Trinajstić information content (AvgIpc) is 2.40. The van der Waals surface area contributed by atoms with Gasteiger partial charge in [0, 0.05) is 24.5 Å². The van der Waals surface area contributed by atoms with Gasteiger partial charge in [-0.25, -0.2) is 0 Å². The average molecular weight is 244 g/mol. The van der Waals surface area contributed by atoms with Gasteiger partial charge in [-0.2, -0.15) is 0 Å². The molecule has 2 rings (SSSR count). The Morgan fingerprint density at radius 3 is 2.72 bits per heavy atom. The van der Waals surface area contributed by atoms with Gasteiger partial charge >= 0.3 is 0 Å². The first-order chi connectivity index (χ1) is 8.75. The third-order valence-electron chi connectivity index (χ3n) is 2.58. The van der Waals surface area contributed by atoms with Crippen LogP contribution >= 0.6 is 0 Å². The van der Waals surface area contributed by atoms with Gasteiger partial charge in [-0.3, -0.25) is 4.98 Å². The molecule has 0 radical (unpaired) electrons. The number of para-hydroxylation sites is 1. The van der Waals surface area contributed by atoms with Crippen molar-refractivity contribution in [2.24, 2.45) is 0 Å². The topological polar surface area (TPSA) is 68.4 Å². The molecule has 0 aliphatic rings. The smallest absolute Gasteiger partial charge is 0.119 e. The first-order valence-corrected chi connectivity index (χ1v) is 5.80. The van der Waals surface area contributed by atoms with Crippen LogP contribution in [0.5, 0.6) is 5.75 Å². The van der Waals surface area contributed by atoms with E-state index in [0.29, 0.717) is 12.1 Å². The zero-order valence-electron chi connectivity index (χ0n) is 9.99. The number of rotatable bonds is 5. The van der Waals surface area contributed by atoms with Gasteiger partial charge in [0.25, 0.3) is 0 Å². The second-order valence-electron chi connectivity index (χ2n) is 4.06.